The molecule has 0 bridgehead atoms. The summed E-state index contributed by atoms with van der Waals surface area (Å²) in [5.74, 6) is -0.335. The third-order valence-electron chi connectivity index (χ3n) is 1.41. The lowest BCUT2D eigenvalue weighted by atomic mass is 10.1. The lowest BCUT2D eigenvalue weighted by molar-refractivity contribution is 0.102. The average molecular weight is 249 g/mol. The van der Waals surface area contributed by atoms with Gasteiger partial charge in [0, 0.05) is 0 Å². The van der Waals surface area contributed by atoms with Crippen LogP contribution in [-0.2, 0) is 0 Å². The van der Waals surface area contributed by atoms with Gasteiger partial charge in [0.05, 0.1) is 15.9 Å². The van der Waals surface area contributed by atoms with Gasteiger partial charge >= 0.3 is 0 Å². The van der Waals surface area contributed by atoms with E-state index >= 15 is 0 Å². The number of phenols is 1. The van der Waals surface area contributed by atoms with Gasteiger partial charge in [-0.15, -0.1) is 0 Å². The molecule has 0 aromatic heterocycles. The van der Waals surface area contributed by atoms with E-state index in [4.69, 9.17) is 11.6 Å². The molecule has 0 radical (unpaired) electrons. The predicted octanol–water partition coefficient (Wildman–Crippen LogP) is 2.62. The summed E-state index contributed by atoms with van der Waals surface area (Å²) in [6, 6.07) is 4.69. The van der Waals surface area contributed by atoms with Gasteiger partial charge in [0.1, 0.15) is 5.75 Å². The first-order valence-corrected chi connectivity index (χ1v) is 4.73. The fourth-order valence-corrected chi connectivity index (χ4v) is 1.29. The summed E-state index contributed by atoms with van der Waals surface area (Å²) in [5, 5.41) is 9.70. The first-order valence-electron chi connectivity index (χ1n) is 3.23. The van der Waals surface area contributed by atoms with Crippen LogP contribution in [0.15, 0.2) is 18.2 Å². The van der Waals surface area contributed by atoms with Crippen LogP contribution in [0, 0.1) is 0 Å². The largest absolute Gasteiger partial charge is 0.506 e. The minimum Gasteiger partial charge on any atom is -0.506 e. The van der Waals surface area contributed by atoms with Crippen molar-refractivity contribution in [2.45, 2.75) is 0 Å². The lowest BCUT2D eigenvalue weighted by Gasteiger charge is -2.01. The average Bonchev–Trinajstić information content (AvgIpc) is 2.08. The molecule has 0 unspecified atom stereocenters. The topological polar surface area (TPSA) is 37.3 Å². The molecular weight excluding hydrogens is 243 g/mol. The number of benzene rings is 1. The van der Waals surface area contributed by atoms with Crippen LogP contribution < -0.4 is 0 Å². The van der Waals surface area contributed by atoms with Crippen molar-refractivity contribution in [1.29, 1.82) is 0 Å². The number of alkyl halides is 1. The minimum absolute atomic E-state index is 0.149. The molecule has 4 heteroatoms. The Morgan fingerprint density at radius 2 is 2.25 bits per heavy atom. The van der Waals surface area contributed by atoms with E-state index in [0.29, 0.717) is 0 Å². The molecule has 0 fully saturated rings. The van der Waals surface area contributed by atoms with Gasteiger partial charge in [-0.2, -0.15) is 0 Å². The highest BCUT2D eigenvalue weighted by Gasteiger charge is 2.11. The second-order valence-corrected chi connectivity index (χ2v) is 3.16. The number of halogens is 2. The molecular formula is C8H6BrClO2. The molecule has 0 aliphatic heterocycles. The third kappa shape index (κ3) is 1.79. The van der Waals surface area contributed by atoms with E-state index < -0.39 is 0 Å². The van der Waals surface area contributed by atoms with Crippen molar-refractivity contribution in [3.63, 3.8) is 0 Å². The van der Waals surface area contributed by atoms with E-state index in [1.54, 1.807) is 6.07 Å². The van der Waals surface area contributed by atoms with Crippen LogP contribution in [-0.4, -0.2) is 16.2 Å². The van der Waals surface area contributed by atoms with Crippen LogP contribution >= 0.6 is 27.5 Å². The van der Waals surface area contributed by atoms with Gasteiger partial charge in [-0.1, -0.05) is 33.6 Å². The second-order valence-electron chi connectivity index (χ2n) is 2.19. The quantitative estimate of drug-likeness (QED) is 0.646. The van der Waals surface area contributed by atoms with Crippen molar-refractivity contribution in [2.24, 2.45) is 0 Å². The van der Waals surface area contributed by atoms with E-state index in [2.05, 4.69) is 15.9 Å². The van der Waals surface area contributed by atoms with E-state index in [0.717, 1.165) is 0 Å². The Bertz CT molecular complexity index is 312. The Labute approximate surface area is 83.3 Å². The first kappa shape index (κ1) is 9.55. The lowest BCUT2D eigenvalue weighted by Crippen LogP contribution is -1.99. The number of Topliss-reactive ketones (excluding diaryl/α,β-unsaturated/α-hetero) is 1. The van der Waals surface area contributed by atoms with Crippen molar-refractivity contribution >= 4 is 33.3 Å². The monoisotopic (exact) mass is 248 g/mol. The number of para-hydroxylation sites is 1. The Kier molecular flexibility index (Phi) is 3.12. The smallest absolute Gasteiger partial charge is 0.177 e. The van der Waals surface area contributed by atoms with Crippen molar-refractivity contribution < 1.29 is 9.90 Å². The summed E-state index contributed by atoms with van der Waals surface area (Å²) < 4.78 is 0. The minimum atomic E-state index is -0.185. The van der Waals surface area contributed by atoms with Crippen molar-refractivity contribution in [3.05, 3.63) is 28.8 Å². The van der Waals surface area contributed by atoms with Crippen LogP contribution in [0.25, 0.3) is 0 Å². The summed E-state index contributed by atoms with van der Waals surface area (Å²) in [4.78, 5) is 11.1. The molecule has 0 atom stereocenters. The number of hydrogen-bond acceptors (Lipinski definition) is 2. The molecule has 0 aliphatic carbocycles. The van der Waals surface area contributed by atoms with Crippen molar-refractivity contribution in [2.75, 3.05) is 5.33 Å². The molecule has 1 aromatic carbocycles. The third-order valence-corrected chi connectivity index (χ3v) is 2.22. The number of rotatable bonds is 2. The van der Waals surface area contributed by atoms with E-state index in [9.17, 15) is 9.90 Å². The highest BCUT2D eigenvalue weighted by molar-refractivity contribution is 9.09. The molecule has 0 heterocycles. The van der Waals surface area contributed by atoms with Crippen LogP contribution in [0.2, 0.25) is 5.02 Å². The fourth-order valence-electron chi connectivity index (χ4n) is 0.812. The zero-order valence-electron chi connectivity index (χ0n) is 6.05. The van der Waals surface area contributed by atoms with Crippen LogP contribution in [0.1, 0.15) is 10.4 Å². The molecule has 0 spiro atoms. The standard InChI is InChI=1S/C8H6BrClO2/c9-4-7(11)5-2-1-3-6(10)8(5)12/h1-3,12H,4H2. The Morgan fingerprint density at radius 3 is 2.83 bits per heavy atom. The van der Waals surface area contributed by atoms with Gasteiger partial charge in [0.15, 0.2) is 5.78 Å². The summed E-state index contributed by atoms with van der Waals surface area (Å²) >= 11 is 8.60. The number of aromatic hydroxyl groups is 1. The highest BCUT2D eigenvalue weighted by atomic mass is 79.9. The maximum atomic E-state index is 11.1. The van der Waals surface area contributed by atoms with Gasteiger partial charge in [-0.05, 0) is 12.1 Å². The zero-order chi connectivity index (χ0) is 9.14. The van der Waals surface area contributed by atoms with Crippen molar-refractivity contribution in [3.8, 4) is 5.75 Å². The highest BCUT2D eigenvalue weighted by Crippen LogP contribution is 2.27. The molecule has 0 saturated carbocycles. The SMILES string of the molecule is O=C(CBr)c1cccc(Cl)c1O. The number of carbonyl (C=O) groups is 1. The molecule has 1 rings (SSSR count). The van der Waals surface area contributed by atoms with E-state index in [-0.39, 0.29) is 27.4 Å². The number of phenolic OH excluding ortho intramolecular Hbond substituents is 1. The number of ketones is 1. The Balaban J connectivity index is 3.16. The molecule has 2 nitrogen and oxygen atoms in total. The maximum Gasteiger partial charge on any atom is 0.177 e. The maximum absolute atomic E-state index is 11.1. The fraction of sp³-hybridized carbons (Fsp3) is 0.125. The predicted molar refractivity (Wildman–Crippen MR) is 51.2 cm³/mol. The van der Waals surface area contributed by atoms with Crippen LogP contribution in [0.5, 0.6) is 5.75 Å². The van der Waals surface area contributed by atoms with Gasteiger partial charge in [-0.25, -0.2) is 0 Å². The van der Waals surface area contributed by atoms with E-state index in [1.165, 1.54) is 12.1 Å². The summed E-state index contributed by atoms with van der Waals surface area (Å²) in [7, 11) is 0. The van der Waals surface area contributed by atoms with Gasteiger partial charge < -0.3 is 5.11 Å². The van der Waals surface area contributed by atoms with Gasteiger partial charge in [0.2, 0.25) is 0 Å². The molecule has 1 aromatic rings. The Morgan fingerprint density at radius 1 is 1.58 bits per heavy atom. The van der Waals surface area contributed by atoms with Gasteiger partial charge in [0.25, 0.3) is 0 Å². The van der Waals surface area contributed by atoms with Gasteiger partial charge in [-0.3, -0.25) is 4.79 Å². The molecule has 1 N–H and O–H groups in total. The van der Waals surface area contributed by atoms with Crippen LogP contribution in [0.4, 0.5) is 0 Å². The molecule has 0 aliphatic rings. The normalized spacial score (nSPS) is 9.83. The molecule has 12 heavy (non-hydrogen) atoms. The molecule has 64 valence electrons. The first-order chi connectivity index (χ1) is 5.66. The van der Waals surface area contributed by atoms with E-state index in [1.807, 2.05) is 0 Å². The second kappa shape index (κ2) is 3.92. The number of hydrogen-bond donors (Lipinski definition) is 1. The molecule has 0 amide bonds. The summed E-state index contributed by atoms with van der Waals surface area (Å²) in [6.07, 6.45) is 0. The zero-order valence-corrected chi connectivity index (χ0v) is 8.39. The summed E-state index contributed by atoms with van der Waals surface area (Å²) in [5.41, 5.74) is 0.249. The van der Waals surface area contributed by atoms with Crippen LogP contribution in [0.3, 0.4) is 0 Å². The number of carbonyl (C=O) groups excluding carboxylic acids is 1. The Hall–Kier alpha value is -0.540. The summed E-state index contributed by atoms with van der Waals surface area (Å²) in [6.45, 7) is 0. The molecule has 0 saturated heterocycles. The van der Waals surface area contributed by atoms with Crippen molar-refractivity contribution in [1.82, 2.24) is 0 Å².